The van der Waals surface area contributed by atoms with Crippen LogP contribution in [0.15, 0.2) is 56.8 Å². The molecule has 0 aliphatic rings. The van der Waals surface area contributed by atoms with Crippen LogP contribution in [0.3, 0.4) is 0 Å². The fourth-order valence-corrected chi connectivity index (χ4v) is 6.27. The van der Waals surface area contributed by atoms with E-state index in [4.69, 9.17) is 13.8 Å². The lowest BCUT2D eigenvalue weighted by Gasteiger charge is -2.21. The maximum Gasteiger partial charge on any atom is 0.178 e. The average Bonchev–Trinajstić information content (AvgIpc) is 3.47. The van der Waals surface area contributed by atoms with E-state index in [1.54, 1.807) is 0 Å². The highest BCUT2D eigenvalue weighted by atomic mass is 32.1. The van der Waals surface area contributed by atoms with Crippen LogP contribution in [0.5, 0.6) is 0 Å². The SMILES string of the molecule is Cc1oc2c(ccc3c2oc2ccnc(-c4cc(C(C)(C)C)c5sccc5c4)c23)c1CC(C)C. The number of rotatable bonds is 3. The molecular weight excluding hydrogens is 438 g/mol. The summed E-state index contributed by atoms with van der Waals surface area (Å²) < 4.78 is 14.1. The molecule has 3 nitrogen and oxygen atoms in total. The van der Waals surface area contributed by atoms with Crippen molar-refractivity contribution in [3.8, 4) is 11.3 Å². The normalized spacial score (nSPS) is 12.8. The second-order valence-electron chi connectivity index (χ2n) is 10.8. The highest BCUT2D eigenvalue weighted by Gasteiger charge is 2.23. The van der Waals surface area contributed by atoms with E-state index in [2.05, 4.69) is 77.3 Å². The molecule has 0 amide bonds. The molecule has 0 saturated heterocycles. The van der Waals surface area contributed by atoms with Crippen LogP contribution in [0.1, 0.15) is 51.5 Å². The molecule has 34 heavy (non-hydrogen) atoms. The molecule has 4 heteroatoms. The van der Waals surface area contributed by atoms with Gasteiger partial charge in [-0.15, -0.1) is 11.3 Å². The molecule has 0 aliphatic heterocycles. The molecule has 0 radical (unpaired) electrons. The second kappa shape index (κ2) is 7.44. The van der Waals surface area contributed by atoms with Crippen molar-refractivity contribution in [1.82, 2.24) is 4.98 Å². The van der Waals surface area contributed by atoms with Gasteiger partial charge in [-0.05, 0) is 77.4 Å². The van der Waals surface area contributed by atoms with E-state index in [1.807, 2.05) is 23.6 Å². The second-order valence-corrected chi connectivity index (χ2v) is 11.7. The van der Waals surface area contributed by atoms with Gasteiger partial charge >= 0.3 is 0 Å². The third kappa shape index (κ3) is 3.19. The van der Waals surface area contributed by atoms with Crippen LogP contribution in [0.2, 0.25) is 0 Å². The number of nitrogens with zero attached hydrogens (tertiary/aromatic N) is 1. The highest BCUT2D eigenvalue weighted by molar-refractivity contribution is 7.17. The highest BCUT2D eigenvalue weighted by Crippen LogP contribution is 2.43. The first-order valence-corrected chi connectivity index (χ1v) is 12.8. The Bertz CT molecular complexity index is 1710. The van der Waals surface area contributed by atoms with E-state index in [0.717, 1.165) is 56.3 Å². The van der Waals surface area contributed by atoms with Gasteiger partial charge in [-0.3, -0.25) is 4.98 Å². The maximum atomic E-state index is 6.44. The number of aryl methyl sites for hydroxylation is 1. The van der Waals surface area contributed by atoms with Crippen LogP contribution < -0.4 is 0 Å². The minimum Gasteiger partial charge on any atom is -0.457 e. The van der Waals surface area contributed by atoms with Gasteiger partial charge in [-0.2, -0.15) is 0 Å². The van der Waals surface area contributed by atoms with Gasteiger partial charge in [0, 0.05) is 32.8 Å². The predicted molar refractivity (Wildman–Crippen MR) is 144 cm³/mol. The molecular formula is C30H29NO2S. The first-order chi connectivity index (χ1) is 16.2. The lowest BCUT2D eigenvalue weighted by atomic mass is 9.85. The van der Waals surface area contributed by atoms with Crippen LogP contribution >= 0.6 is 11.3 Å². The Hall–Kier alpha value is -3.11. The smallest absolute Gasteiger partial charge is 0.178 e. The van der Waals surface area contributed by atoms with Gasteiger partial charge in [0.25, 0.3) is 0 Å². The van der Waals surface area contributed by atoms with Gasteiger partial charge in [-0.1, -0.05) is 34.6 Å². The molecule has 0 bridgehead atoms. The molecule has 4 heterocycles. The van der Waals surface area contributed by atoms with E-state index in [-0.39, 0.29) is 5.41 Å². The van der Waals surface area contributed by atoms with Gasteiger partial charge < -0.3 is 8.83 Å². The first kappa shape index (κ1) is 21.4. The van der Waals surface area contributed by atoms with Crippen molar-refractivity contribution >= 4 is 54.3 Å². The minimum atomic E-state index is 0.0378. The van der Waals surface area contributed by atoms with Crippen molar-refractivity contribution in [2.24, 2.45) is 5.92 Å². The quantitative estimate of drug-likeness (QED) is 0.260. The Balaban J connectivity index is 1.65. The zero-order valence-corrected chi connectivity index (χ0v) is 21.4. The summed E-state index contributed by atoms with van der Waals surface area (Å²) in [5.74, 6) is 1.54. The third-order valence-electron chi connectivity index (χ3n) is 6.76. The van der Waals surface area contributed by atoms with Crippen LogP contribution in [-0.4, -0.2) is 4.98 Å². The fourth-order valence-electron chi connectivity index (χ4n) is 5.16. The number of hydrogen-bond acceptors (Lipinski definition) is 4. The van der Waals surface area contributed by atoms with Crippen molar-refractivity contribution < 1.29 is 8.83 Å². The summed E-state index contributed by atoms with van der Waals surface area (Å²) in [6, 6.07) is 13.1. The van der Waals surface area contributed by atoms with Crippen molar-refractivity contribution in [3.63, 3.8) is 0 Å². The first-order valence-electron chi connectivity index (χ1n) is 12.0. The summed E-state index contributed by atoms with van der Waals surface area (Å²) >= 11 is 1.81. The van der Waals surface area contributed by atoms with Gasteiger partial charge in [0.15, 0.2) is 11.2 Å². The average molecular weight is 468 g/mol. The molecule has 0 atom stereocenters. The van der Waals surface area contributed by atoms with Crippen LogP contribution in [0, 0.1) is 12.8 Å². The van der Waals surface area contributed by atoms with Crippen LogP contribution in [0.4, 0.5) is 0 Å². The lowest BCUT2D eigenvalue weighted by Crippen LogP contribution is -2.11. The minimum absolute atomic E-state index is 0.0378. The van der Waals surface area contributed by atoms with Gasteiger partial charge in [-0.25, -0.2) is 0 Å². The zero-order chi connectivity index (χ0) is 23.8. The molecule has 2 aromatic carbocycles. The summed E-state index contributed by atoms with van der Waals surface area (Å²) in [4.78, 5) is 4.87. The number of hydrogen-bond donors (Lipinski definition) is 0. The molecule has 4 aromatic heterocycles. The number of aromatic nitrogens is 1. The van der Waals surface area contributed by atoms with Crippen molar-refractivity contribution in [3.05, 3.63) is 64.9 Å². The van der Waals surface area contributed by atoms with E-state index in [1.165, 1.54) is 21.2 Å². The predicted octanol–water partition coefficient (Wildman–Crippen LogP) is 9.41. The zero-order valence-electron chi connectivity index (χ0n) is 20.6. The van der Waals surface area contributed by atoms with E-state index >= 15 is 0 Å². The maximum absolute atomic E-state index is 6.44. The van der Waals surface area contributed by atoms with Crippen molar-refractivity contribution in [2.45, 2.75) is 53.4 Å². The van der Waals surface area contributed by atoms with Crippen molar-refractivity contribution in [2.75, 3.05) is 0 Å². The van der Waals surface area contributed by atoms with Gasteiger partial charge in [0.1, 0.15) is 11.3 Å². The summed E-state index contributed by atoms with van der Waals surface area (Å²) in [5.41, 5.74) is 7.25. The Morgan fingerprint density at radius 3 is 2.50 bits per heavy atom. The Labute approximate surface area is 203 Å². The number of thiophene rings is 1. The van der Waals surface area contributed by atoms with E-state index in [9.17, 15) is 0 Å². The summed E-state index contributed by atoms with van der Waals surface area (Å²) in [5, 5.41) is 6.70. The van der Waals surface area contributed by atoms with Gasteiger partial charge in [0.2, 0.25) is 0 Å². The number of pyridine rings is 1. The largest absolute Gasteiger partial charge is 0.457 e. The van der Waals surface area contributed by atoms with Crippen LogP contribution in [-0.2, 0) is 11.8 Å². The molecule has 0 saturated carbocycles. The number of benzene rings is 2. The summed E-state index contributed by atoms with van der Waals surface area (Å²) in [7, 11) is 0. The number of fused-ring (bicyclic) bond motifs is 6. The molecule has 6 rings (SSSR count). The molecule has 0 N–H and O–H groups in total. The molecule has 0 unspecified atom stereocenters. The standard InChI is InChI=1S/C30H29NO2S/c1-16(2)13-22-17(3)32-27-20(22)7-8-21-25-24(33-28(21)27)9-11-31-26(25)19-14-18-10-12-34-29(18)23(15-19)30(4,5)6/h7-12,14-16H,13H2,1-6H3. The molecule has 172 valence electrons. The van der Waals surface area contributed by atoms with E-state index < -0.39 is 0 Å². The summed E-state index contributed by atoms with van der Waals surface area (Å²) in [6.07, 6.45) is 2.84. The Morgan fingerprint density at radius 2 is 1.74 bits per heavy atom. The lowest BCUT2D eigenvalue weighted by molar-refractivity contribution is 0.554. The third-order valence-corrected chi connectivity index (χ3v) is 7.72. The fraction of sp³-hybridized carbons (Fsp3) is 0.300. The molecule has 0 spiro atoms. The Morgan fingerprint density at radius 1 is 0.971 bits per heavy atom. The molecule has 6 aromatic rings. The Kier molecular flexibility index (Phi) is 4.69. The summed E-state index contributed by atoms with van der Waals surface area (Å²) in [6.45, 7) is 13.4. The molecule has 0 aliphatic carbocycles. The topological polar surface area (TPSA) is 39.2 Å². The number of furan rings is 2. The van der Waals surface area contributed by atoms with Gasteiger partial charge in [0.05, 0.1) is 11.1 Å². The molecule has 0 fully saturated rings. The van der Waals surface area contributed by atoms with Crippen molar-refractivity contribution in [1.29, 1.82) is 0 Å². The monoisotopic (exact) mass is 467 g/mol. The van der Waals surface area contributed by atoms with E-state index in [0.29, 0.717) is 5.92 Å². The van der Waals surface area contributed by atoms with Crippen LogP contribution in [0.25, 0.3) is 54.3 Å².